The Morgan fingerprint density at radius 3 is 2.46 bits per heavy atom. The summed E-state index contributed by atoms with van der Waals surface area (Å²) in [7, 11) is 0. The van der Waals surface area contributed by atoms with Gasteiger partial charge in [0.25, 0.3) is 0 Å². The van der Waals surface area contributed by atoms with Crippen LogP contribution in [0.25, 0.3) is 10.8 Å². The van der Waals surface area contributed by atoms with E-state index >= 15 is 0 Å². The molecule has 0 aliphatic heterocycles. The number of aliphatic imine (C=N–C) groups is 1. The van der Waals surface area contributed by atoms with Crippen molar-refractivity contribution in [2.45, 2.75) is 20.1 Å². The molecule has 1 heterocycles. The normalized spacial score (nSPS) is 11.8. The average Bonchev–Trinajstić information content (AvgIpc) is 3.09. The molecule has 4 heteroatoms. The number of fused-ring (bicyclic) bond motifs is 1. The number of rotatable bonds is 7. The summed E-state index contributed by atoms with van der Waals surface area (Å²) in [5.41, 5.74) is 2.92. The average molecular weight is 323 g/mol. The molecular weight excluding hydrogens is 302 g/mol. The van der Waals surface area contributed by atoms with Crippen LogP contribution in [0.5, 0.6) is 0 Å². The largest absolute Gasteiger partial charge is 0.471 e. The second-order valence-electron chi connectivity index (χ2n) is 5.32. The van der Waals surface area contributed by atoms with Crippen LogP contribution in [-0.4, -0.2) is 19.4 Å². The molecule has 0 saturated carbocycles. The molecule has 1 aromatic heterocycles. The third-order valence-electron chi connectivity index (χ3n) is 3.70. The molecule has 4 nitrogen and oxygen atoms in total. The van der Waals surface area contributed by atoms with Gasteiger partial charge in [0, 0.05) is 35.8 Å². The Morgan fingerprint density at radius 2 is 1.75 bits per heavy atom. The Balaban J connectivity index is 1.77. The van der Waals surface area contributed by atoms with E-state index in [0.717, 1.165) is 27.6 Å². The molecule has 3 rings (SSSR count). The Hall–Kier alpha value is -2.43. The van der Waals surface area contributed by atoms with Gasteiger partial charge in [0.05, 0.1) is 12.0 Å². The van der Waals surface area contributed by atoms with Crippen LogP contribution in [-0.2, 0) is 9.47 Å². The summed E-state index contributed by atoms with van der Waals surface area (Å²) in [6.07, 6.45) is 4.98. The Morgan fingerprint density at radius 1 is 1.00 bits per heavy atom. The van der Waals surface area contributed by atoms with Gasteiger partial charge in [-0.2, -0.15) is 0 Å². The van der Waals surface area contributed by atoms with Crippen molar-refractivity contribution in [3.8, 4) is 0 Å². The van der Waals surface area contributed by atoms with Crippen LogP contribution in [0.15, 0.2) is 64.4 Å². The molecule has 0 bridgehead atoms. The van der Waals surface area contributed by atoms with Crippen LogP contribution in [0, 0.1) is 0 Å². The third-order valence-corrected chi connectivity index (χ3v) is 3.70. The second-order valence-corrected chi connectivity index (χ2v) is 5.32. The summed E-state index contributed by atoms with van der Waals surface area (Å²) in [6.45, 7) is 5.15. The molecule has 0 fully saturated rings. The minimum atomic E-state index is -0.314. The molecule has 2 aromatic carbocycles. The fourth-order valence-corrected chi connectivity index (χ4v) is 2.52. The molecule has 3 aromatic rings. The molecule has 0 amide bonds. The predicted octanol–water partition coefficient (Wildman–Crippen LogP) is 5.26. The first-order valence-corrected chi connectivity index (χ1v) is 8.14. The van der Waals surface area contributed by atoms with Gasteiger partial charge >= 0.3 is 0 Å². The lowest BCUT2D eigenvalue weighted by atomic mass is 10.1. The minimum absolute atomic E-state index is 0.314. The summed E-state index contributed by atoms with van der Waals surface area (Å²) in [5.74, 6) is 0. The SMILES string of the molecule is CCOC(OCC)c1ccc(C=Nc2cccc3cocc23)cc1. The molecule has 0 aliphatic rings. The predicted molar refractivity (Wildman–Crippen MR) is 95.9 cm³/mol. The van der Waals surface area contributed by atoms with Gasteiger partial charge in [0.1, 0.15) is 6.26 Å². The van der Waals surface area contributed by atoms with Crippen molar-refractivity contribution in [3.63, 3.8) is 0 Å². The van der Waals surface area contributed by atoms with Crippen LogP contribution in [0.1, 0.15) is 31.3 Å². The summed E-state index contributed by atoms with van der Waals surface area (Å²) in [5, 5.41) is 2.06. The monoisotopic (exact) mass is 323 g/mol. The van der Waals surface area contributed by atoms with Gasteiger partial charge in [0.2, 0.25) is 0 Å². The Kier molecular flexibility index (Phi) is 5.41. The molecule has 24 heavy (non-hydrogen) atoms. The Labute approximate surface area is 141 Å². The van der Waals surface area contributed by atoms with Gasteiger partial charge in [-0.05, 0) is 25.5 Å². The summed E-state index contributed by atoms with van der Waals surface area (Å²) >= 11 is 0. The number of ether oxygens (including phenoxy) is 2. The van der Waals surface area contributed by atoms with Crippen LogP contribution < -0.4 is 0 Å². The molecule has 0 unspecified atom stereocenters. The molecule has 0 saturated heterocycles. The van der Waals surface area contributed by atoms with Gasteiger partial charge in [-0.25, -0.2) is 0 Å². The lowest BCUT2D eigenvalue weighted by Crippen LogP contribution is -2.08. The van der Waals surface area contributed by atoms with Crippen LogP contribution in [0.3, 0.4) is 0 Å². The standard InChI is InChI=1S/C20H21NO3/c1-3-23-20(24-4-2)16-10-8-15(9-11-16)12-21-19-7-5-6-17-13-22-14-18(17)19/h5-14,20H,3-4H2,1-2H3. The highest BCUT2D eigenvalue weighted by molar-refractivity contribution is 5.94. The molecule has 0 atom stereocenters. The lowest BCUT2D eigenvalue weighted by Gasteiger charge is -2.17. The van der Waals surface area contributed by atoms with E-state index in [1.165, 1.54) is 0 Å². The highest BCUT2D eigenvalue weighted by Crippen LogP contribution is 2.26. The number of hydrogen-bond acceptors (Lipinski definition) is 4. The fourth-order valence-electron chi connectivity index (χ4n) is 2.52. The van der Waals surface area contributed by atoms with Gasteiger partial charge in [-0.3, -0.25) is 4.99 Å². The molecular formula is C20H21NO3. The maximum Gasteiger partial charge on any atom is 0.183 e. The van der Waals surface area contributed by atoms with Crippen molar-refractivity contribution in [1.29, 1.82) is 0 Å². The Bertz CT molecular complexity index is 799. The highest BCUT2D eigenvalue weighted by atomic mass is 16.7. The number of nitrogens with zero attached hydrogens (tertiary/aromatic N) is 1. The summed E-state index contributed by atoms with van der Waals surface area (Å²) < 4.78 is 16.5. The van der Waals surface area contributed by atoms with E-state index in [4.69, 9.17) is 13.9 Å². The van der Waals surface area contributed by atoms with Gasteiger partial charge in [-0.1, -0.05) is 36.4 Å². The van der Waals surface area contributed by atoms with Crippen LogP contribution >= 0.6 is 0 Å². The number of hydrogen-bond donors (Lipinski definition) is 0. The van der Waals surface area contributed by atoms with Crippen LogP contribution in [0.4, 0.5) is 5.69 Å². The zero-order valence-electron chi connectivity index (χ0n) is 13.9. The first kappa shape index (κ1) is 16.4. The van der Waals surface area contributed by atoms with E-state index in [1.54, 1.807) is 12.5 Å². The summed E-state index contributed by atoms with van der Waals surface area (Å²) in [4.78, 5) is 4.58. The molecule has 124 valence electrons. The second kappa shape index (κ2) is 7.90. The fraction of sp³-hybridized carbons (Fsp3) is 0.250. The van der Waals surface area contributed by atoms with Crippen molar-refractivity contribution < 1.29 is 13.9 Å². The number of furan rings is 1. The van der Waals surface area contributed by atoms with E-state index in [2.05, 4.69) is 4.99 Å². The molecule has 0 aliphatic carbocycles. The van der Waals surface area contributed by atoms with Crippen molar-refractivity contribution in [3.05, 3.63) is 66.1 Å². The van der Waals surface area contributed by atoms with Crippen molar-refractivity contribution >= 4 is 22.7 Å². The highest BCUT2D eigenvalue weighted by Gasteiger charge is 2.10. The number of benzene rings is 2. The zero-order valence-corrected chi connectivity index (χ0v) is 13.9. The maximum absolute atomic E-state index is 5.61. The summed E-state index contributed by atoms with van der Waals surface area (Å²) in [6, 6.07) is 14.0. The topological polar surface area (TPSA) is 44.0 Å². The minimum Gasteiger partial charge on any atom is -0.471 e. The van der Waals surface area contributed by atoms with Gasteiger partial charge in [0.15, 0.2) is 6.29 Å². The first-order chi connectivity index (χ1) is 11.8. The van der Waals surface area contributed by atoms with Gasteiger partial charge in [-0.15, -0.1) is 0 Å². The van der Waals surface area contributed by atoms with Crippen molar-refractivity contribution in [2.24, 2.45) is 4.99 Å². The van der Waals surface area contributed by atoms with Gasteiger partial charge < -0.3 is 13.9 Å². The lowest BCUT2D eigenvalue weighted by molar-refractivity contribution is -0.140. The first-order valence-electron chi connectivity index (χ1n) is 8.14. The molecule has 0 N–H and O–H groups in total. The molecule has 0 spiro atoms. The van der Waals surface area contributed by atoms with Crippen LogP contribution in [0.2, 0.25) is 0 Å². The van der Waals surface area contributed by atoms with E-state index < -0.39 is 0 Å². The van der Waals surface area contributed by atoms with E-state index in [1.807, 2.05) is 62.5 Å². The zero-order chi connectivity index (χ0) is 16.8. The third kappa shape index (κ3) is 3.72. The quantitative estimate of drug-likeness (QED) is 0.440. The molecule has 0 radical (unpaired) electrons. The van der Waals surface area contributed by atoms with Crippen molar-refractivity contribution in [1.82, 2.24) is 0 Å². The van der Waals surface area contributed by atoms with Crippen molar-refractivity contribution in [2.75, 3.05) is 13.2 Å². The van der Waals surface area contributed by atoms with E-state index in [9.17, 15) is 0 Å². The van der Waals surface area contributed by atoms with E-state index in [-0.39, 0.29) is 6.29 Å². The van der Waals surface area contributed by atoms with E-state index in [0.29, 0.717) is 13.2 Å². The smallest absolute Gasteiger partial charge is 0.183 e. The maximum atomic E-state index is 5.61.